The number of thiophene rings is 1. The predicted octanol–water partition coefficient (Wildman–Crippen LogP) is 1.65. The lowest BCUT2D eigenvalue weighted by Gasteiger charge is -2.24. The molecule has 2 aromatic heterocycles. The van der Waals surface area contributed by atoms with Crippen molar-refractivity contribution >= 4 is 35.5 Å². The predicted molar refractivity (Wildman–Crippen MR) is 133 cm³/mol. The standard InChI is InChI=1S/C22H25FN3O9PS/c1-12(19(29)32-3)25-36(31,35-14-5-4-6-16-13(14)8-10-37-16)33-11-15-18(28)22(2,23)20(34-15)26-9-7-17(27)24-21(26)30/h4-10,12,15,18,20,25,28,31H,11H2,1-3H3/p+1/t12-,15+,18+,20+,22+,36?/m0/s1. The van der Waals surface area contributed by atoms with Crippen LogP contribution in [-0.2, 0) is 18.8 Å². The summed E-state index contributed by atoms with van der Waals surface area (Å²) in [5.74, 6) is -0.439. The van der Waals surface area contributed by atoms with Gasteiger partial charge in [0, 0.05) is 22.3 Å². The molecule has 6 atom stereocenters. The molecule has 0 bridgehead atoms. The van der Waals surface area contributed by atoms with Crippen LogP contribution in [0.1, 0.15) is 20.1 Å². The summed E-state index contributed by atoms with van der Waals surface area (Å²) in [5.41, 5.74) is -4.08. The number of aromatic amines is 1. The minimum absolute atomic E-state index is 0.264. The summed E-state index contributed by atoms with van der Waals surface area (Å²) >= 11 is 1.45. The molecule has 1 saturated heterocycles. The van der Waals surface area contributed by atoms with Gasteiger partial charge in [0.05, 0.1) is 7.11 Å². The van der Waals surface area contributed by atoms with Gasteiger partial charge in [-0.3, -0.25) is 23.7 Å². The first-order chi connectivity index (χ1) is 17.4. The Labute approximate surface area is 214 Å². The molecule has 15 heteroatoms. The molecule has 0 amide bonds. The number of ether oxygens (including phenoxy) is 2. The zero-order chi connectivity index (χ0) is 27.0. The maximum atomic E-state index is 15.5. The van der Waals surface area contributed by atoms with E-state index in [1.807, 2.05) is 16.4 Å². The van der Waals surface area contributed by atoms with Crippen molar-refractivity contribution in [3.05, 3.63) is 62.7 Å². The molecule has 1 aliphatic rings. The fourth-order valence-corrected chi connectivity index (χ4v) is 6.23. The summed E-state index contributed by atoms with van der Waals surface area (Å²) < 4.78 is 39.0. The Hall–Kier alpha value is -2.71. The molecule has 12 nitrogen and oxygen atoms in total. The summed E-state index contributed by atoms with van der Waals surface area (Å²) in [5, 5.41) is 15.7. The molecule has 0 radical (unpaired) electrons. The Morgan fingerprint density at radius 2 is 2.14 bits per heavy atom. The average Bonchev–Trinajstić information content (AvgIpc) is 3.41. The van der Waals surface area contributed by atoms with Crippen molar-refractivity contribution in [3.63, 3.8) is 0 Å². The molecule has 3 aromatic rings. The highest BCUT2D eigenvalue weighted by atomic mass is 32.1. The van der Waals surface area contributed by atoms with Crippen LogP contribution in [0.4, 0.5) is 4.39 Å². The Bertz CT molecular complexity index is 1400. The van der Waals surface area contributed by atoms with Gasteiger partial charge >= 0.3 is 19.8 Å². The molecule has 4 N–H and O–H groups in total. The van der Waals surface area contributed by atoms with Crippen molar-refractivity contribution in [1.82, 2.24) is 14.6 Å². The van der Waals surface area contributed by atoms with Gasteiger partial charge in [0.2, 0.25) is 0 Å². The number of alkyl halides is 1. The van der Waals surface area contributed by atoms with Crippen LogP contribution in [0.5, 0.6) is 5.75 Å². The summed E-state index contributed by atoms with van der Waals surface area (Å²) in [6.45, 7) is 1.87. The van der Waals surface area contributed by atoms with Crippen LogP contribution < -0.4 is 20.9 Å². The number of esters is 1. The highest BCUT2D eigenvalue weighted by Crippen LogP contribution is 2.55. The quantitative estimate of drug-likeness (QED) is 0.225. The van der Waals surface area contributed by atoms with Crippen molar-refractivity contribution in [2.45, 2.75) is 44.0 Å². The van der Waals surface area contributed by atoms with E-state index in [1.54, 1.807) is 18.2 Å². The molecule has 1 fully saturated rings. The number of fused-ring (bicyclic) bond motifs is 1. The Morgan fingerprint density at radius 3 is 2.84 bits per heavy atom. The zero-order valence-electron chi connectivity index (χ0n) is 20.0. The summed E-state index contributed by atoms with van der Waals surface area (Å²) in [6, 6.07) is 6.92. The van der Waals surface area contributed by atoms with E-state index >= 15 is 4.39 Å². The van der Waals surface area contributed by atoms with E-state index < -0.39 is 62.1 Å². The number of carbonyl (C=O) groups is 1. The number of methoxy groups -OCH3 is 1. The Balaban J connectivity index is 1.58. The third-order valence-corrected chi connectivity index (χ3v) is 8.36. The third kappa shape index (κ3) is 5.60. The summed E-state index contributed by atoms with van der Waals surface area (Å²) in [4.78, 5) is 48.9. The SMILES string of the molecule is COC(=O)[C@H](C)N[P+](O)(OC[C@H]1O[C@@H](n2ccc(=O)[nH]c2=O)[C@](C)(F)[C@@H]1O)Oc1cccc2sccc12. The van der Waals surface area contributed by atoms with Crippen LogP contribution in [-0.4, -0.2) is 63.2 Å². The molecule has 0 aliphatic carbocycles. The van der Waals surface area contributed by atoms with Crippen LogP contribution in [0.2, 0.25) is 0 Å². The molecule has 200 valence electrons. The van der Waals surface area contributed by atoms with E-state index in [0.29, 0.717) is 5.39 Å². The largest absolute Gasteiger partial charge is 0.544 e. The zero-order valence-corrected chi connectivity index (χ0v) is 21.7. The molecular weight excluding hydrogens is 532 g/mol. The summed E-state index contributed by atoms with van der Waals surface area (Å²) in [7, 11) is -2.92. The van der Waals surface area contributed by atoms with E-state index in [-0.39, 0.29) is 5.75 Å². The van der Waals surface area contributed by atoms with E-state index in [4.69, 9.17) is 18.5 Å². The van der Waals surface area contributed by atoms with Gasteiger partial charge in [0.15, 0.2) is 17.6 Å². The third-order valence-electron chi connectivity index (χ3n) is 5.82. The number of aliphatic hydroxyl groups is 1. The first-order valence-corrected chi connectivity index (χ1v) is 13.5. The number of aliphatic hydroxyl groups excluding tert-OH is 1. The minimum Gasteiger partial charge on any atom is -0.468 e. The number of H-pyrrole nitrogens is 1. The number of hydrogen-bond donors (Lipinski definition) is 4. The van der Waals surface area contributed by atoms with Crippen molar-refractivity contribution in [1.29, 1.82) is 0 Å². The maximum absolute atomic E-state index is 15.5. The summed E-state index contributed by atoms with van der Waals surface area (Å²) in [6.07, 6.45) is -3.70. The second-order valence-electron chi connectivity index (χ2n) is 8.51. The Kier molecular flexibility index (Phi) is 7.81. The van der Waals surface area contributed by atoms with Crippen LogP contribution in [0, 0.1) is 0 Å². The molecule has 1 aromatic carbocycles. The van der Waals surface area contributed by atoms with E-state index in [9.17, 15) is 24.4 Å². The van der Waals surface area contributed by atoms with Crippen molar-refractivity contribution < 1.29 is 37.7 Å². The van der Waals surface area contributed by atoms with Gasteiger partial charge in [-0.1, -0.05) is 11.2 Å². The van der Waals surface area contributed by atoms with E-state index in [0.717, 1.165) is 28.5 Å². The lowest BCUT2D eigenvalue weighted by atomic mass is 9.98. The molecule has 0 spiro atoms. The number of hydrogen-bond acceptors (Lipinski definition) is 11. The number of nitrogens with one attached hydrogen (secondary N) is 2. The number of carbonyl (C=O) groups excluding carboxylic acids is 1. The smallest absolute Gasteiger partial charge is 0.468 e. The molecular formula is C22H26FN3O9PS+. The monoisotopic (exact) mass is 558 g/mol. The molecule has 37 heavy (non-hydrogen) atoms. The number of nitrogens with zero attached hydrogens (tertiary/aromatic N) is 1. The van der Waals surface area contributed by atoms with Crippen LogP contribution in [0.15, 0.2) is 51.5 Å². The van der Waals surface area contributed by atoms with Crippen LogP contribution >= 0.6 is 19.4 Å². The normalized spacial score (nSPS) is 26.1. The van der Waals surface area contributed by atoms with Gasteiger partial charge < -0.3 is 14.6 Å². The molecule has 0 saturated carbocycles. The van der Waals surface area contributed by atoms with E-state index in [1.165, 1.54) is 25.4 Å². The fourth-order valence-electron chi connectivity index (χ4n) is 3.88. The number of rotatable bonds is 9. The van der Waals surface area contributed by atoms with Crippen molar-refractivity contribution in [2.24, 2.45) is 0 Å². The molecule has 1 unspecified atom stereocenters. The van der Waals surface area contributed by atoms with Crippen LogP contribution in [0.3, 0.4) is 0 Å². The molecule has 3 heterocycles. The van der Waals surface area contributed by atoms with Gasteiger partial charge in [-0.2, -0.15) is 9.42 Å². The topological polar surface area (TPSA) is 161 Å². The minimum atomic E-state index is -4.10. The molecule has 4 rings (SSSR count). The highest BCUT2D eigenvalue weighted by molar-refractivity contribution is 7.59. The lowest BCUT2D eigenvalue weighted by Crippen LogP contribution is -2.44. The Morgan fingerprint density at radius 1 is 1.38 bits per heavy atom. The van der Waals surface area contributed by atoms with Gasteiger partial charge in [-0.05, 0) is 37.4 Å². The number of halogens is 1. The second kappa shape index (κ2) is 10.6. The van der Waals surface area contributed by atoms with Gasteiger partial charge in [0.1, 0.15) is 24.9 Å². The van der Waals surface area contributed by atoms with Crippen molar-refractivity contribution in [2.75, 3.05) is 13.7 Å². The van der Waals surface area contributed by atoms with Gasteiger partial charge in [0.25, 0.3) is 5.56 Å². The number of benzene rings is 1. The maximum Gasteiger partial charge on any atom is 0.544 e. The first kappa shape index (κ1) is 27.3. The van der Waals surface area contributed by atoms with Gasteiger partial charge in [-0.15, -0.1) is 11.3 Å². The lowest BCUT2D eigenvalue weighted by molar-refractivity contribution is -0.142. The second-order valence-corrected chi connectivity index (χ2v) is 11.2. The molecule has 1 aliphatic heterocycles. The highest BCUT2D eigenvalue weighted by Gasteiger charge is 2.57. The van der Waals surface area contributed by atoms with E-state index in [2.05, 4.69) is 5.09 Å². The fraction of sp³-hybridized carbons (Fsp3) is 0.409. The first-order valence-electron chi connectivity index (χ1n) is 11.1. The number of aromatic nitrogens is 2. The van der Waals surface area contributed by atoms with Crippen molar-refractivity contribution in [3.8, 4) is 5.75 Å². The van der Waals surface area contributed by atoms with Crippen LogP contribution in [0.25, 0.3) is 10.1 Å². The van der Waals surface area contributed by atoms with Gasteiger partial charge in [-0.25, -0.2) is 9.18 Å². The average molecular weight is 559 g/mol.